The van der Waals surface area contributed by atoms with Crippen LogP contribution in [-0.2, 0) is 4.79 Å². The van der Waals surface area contributed by atoms with Gasteiger partial charge < -0.3 is 19.9 Å². The van der Waals surface area contributed by atoms with E-state index in [0.717, 1.165) is 48.0 Å². The monoisotopic (exact) mass is 383 g/mol. The van der Waals surface area contributed by atoms with Crippen LogP contribution in [0.25, 0.3) is 0 Å². The third-order valence-electron chi connectivity index (χ3n) is 4.56. The van der Waals surface area contributed by atoms with E-state index in [4.69, 9.17) is 17.0 Å². The van der Waals surface area contributed by atoms with Crippen molar-refractivity contribution < 1.29 is 9.53 Å². The van der Waals surface area contributed by atoms with Crippen LogP contribution in [-0.4, -0.2) is 60.5 Å². The molecular formula is C21H25N3O2S. The van der Waals surface area contributed by atoms with Crippen molar-refractivity contribution in [1.29, 1.82) is 0 Å². The molecule has 5 nitrogen and oxygen atoms in total. The van der Waals surface area contributed by atoms with Crippen molar-refractivity contribution in [1.82, 2.24) is 9.80 Å². The number of likely N-dealkylation sites (N-methyl/N-ethyl adjacent to an activating group) is 1. The first-order chi connectivity index (χ1) is 13.0. The predicted octanol–water partition coefficient (Wildman–Crippen LogP) is 2.94. The van der Waals surface area contributed by atoms with Crippen LogP contribution >= 0.6 is 12.2 Å². The predicted molar refractivity (Wildman–Crippen MR) is 113 cm³/mol. The maximum atomic E-state index is 12.0. The molecule has 6 heteroatoms. The Morgan fingerprint density at radius 1 is 1.11 bits per heavy atom. The summed E-state index contributed by atoms with van der Waals surface area (Å²) in [7, 11) is 2.13. The third-order valence-corrected chi connectivity index (χ3v) is 5.06. The van der Waals surface area contributed by atoms with Crippen LogP contribution in [0.15, 0.2) is 48.5 Å². The molecule has 1 amide bonds. The van der Waals surface area contributed by atoms with Crippen LogP contribution in [0, 0.1) is 6.92 Å². The molecular weight excluding hydrogens is 358 g/mol. The lowest BCUT2D eigenvalue weighted by Crippen LogP contribution is -2.46. The van der Waals surface area contributed by atoms with Crippen molar-refractivity contribution >= 4 is 28.8 Å². The summed E-state index contributed by atoms with van der Waals surface area (Å²) in [6.07, 6.45) is 0. The highest BCUT2D eigenvalue weighted by atomic mass is 32.1. The third kappa shape index (κ3) is 5.52. The molecule has 0 saturated carbocycles. The van der Waals surface area contributed by atoms with E-state index in [2.05, 4.69) is 22.2 Å². The highest BCUT2D eigenvalue weighted by molar-refractivity contribution is 7.80. The van der Waals surface area contributed by atoms with Crippen LogP contribution in [0.2, 0.25) is 0 Å². The molecule has 27 heavy (non-hydrogen) atoms. The van der Waals surface area contributed by atoms with Gasteiger partial charge in [0.25, 0.3) is 5.91 Å². The van der Waals surface area contributed by atoms with E-state index in [-0.39, 0.29) is 12.5 Å². The van der Waals surface area contributed by atoms with Crippen molar-refractivity contribution in [2.75, 3.05) is 45.2 Å². The Morgan fingerprint density at radius 2 is 1.81 bits per heavy atom. The number of nitrogens with zero attached hydrogens (tertiary/aromatic N) is 2. The molecule has 0 bridgehead atoms. The van der Waals surface area contributed by atoms with E-state index >= 15 is 0 Å². The van der Waals surface area contributed by atoms with Gasteiger partial charge in [-0.1, -0.05) is 24.4 Å². The Labute approximate surface area is 165 Å². The zero-order valence-corrected chi connectivity index (χ0v) is 16.6. The SMILES string of the molecule is Cc1cccc(NC(=O)COc2ccc(C(=S)N3CCN(C)CC3)cc2)c1. The van der Waals surface area contributed by atoms with Crippen molar-refractivity contribution in [2.24, 2.45) is 0 Å². The Hall–Kier alpha value is -2.44. The minimum Gasteiger partial charge on any atom is -0.484 e. The lowest BCUT2D eigenvalue weighted by molar-refractivity contribution is -0.118. The summed E-state index contributed by atoms with van der Waals surface area (Å²) in [6, 6.07) is 15.3. The molecule has 142 valence electrons. The van der Waals surface area contributed by atoms with Gasteiger partial charge in [0.15, 0.2) is 6.61 Å². The van der Waals surface area contributed by atoms with E-state index in [1.165, 1.54) is 0 Å². The Kier molecular flexibility index (Phi) is 6.42. The molecule has 0 atom stereocenters. The zero-order valence-electron chi connectivity index (χ0n) is 15.8. The number of aryl methyl sites for hydroxylation is 1. The Balaban J connectivity index is 1.50. The highest BCUT2D eigenvalue weighted by Gasteiger charge is 2.17. The van der Waals surface area contributed by atoms with Crippen molar-refractivity contribution in [3.63, 3.8) is 0 Å². The number of nitrogens with one attached hydrogen (secondary N) is 1. The summed E-state index contributed by atoms with van der Waals surface area (Å²) in [4.78, 5) is 17.4. The second-order valence-electron chi connectivity index (χ2n) is 6.83. The van der Waals surface area contributed by atoms with Gasteiger partial charge >= 0.3 is 0 Å². The zero-order chi connectivity index (χ0) is 19.2. The molecule has 0 spiro atoms. The summed E-state index contributed by atoms with van der Waals surface area (Å²) >= 11 is 5.61. The Morgan fingerprint density at radius 3 is 2.48 bits per heavy atom. The number of hydrogen-bond acceptors (Lipinski definition) is 4. The van der Waals surface area contributed by atoms with E-state index in [9.17, 15) is 4.79 Å². The molecule has 1 N–H and O–H groups in total. The first kappa shape index (κ1) is 19.3. The second kappa shape index (κ2) is 8.97. The normalized spacial score (nSPS) is 14.7. The molecule has 0 radical (unpaired) electrons. The number of carbonyl (C=O) groups is 1. The number of carbonyl (C=O) groups excluding carboxylic acids is 1. The molecule has 1 aliphatic rings. The van der Waals surface area contributed by atoms with Gasteiger partial charge in [-0.05, 0) is 55.9 Å². The standard InChI is InChI=1S/C21H25N3O2S/c1-16-4-3-5-18(14-16)22-20(25)15-26-19-8-6-17(7-9-19)21(27)24-12-10-23(2)11-13-24/h3-9,14H,10-13,15H2,1-2H3,(H,22,25). The molecule has 1 heterocycles. The smallest absolute Gasteiger partial charge is 0.262 e. The van der Waals surface area contributed by atoms with Crippen molar-refractivity contribution in [2.45, 2.75) is 6.92 Å². The van der Waals surface area contributed by atoms with E-state index in [1.807, 2.05) is 55.5 Å². The number of hydrogen-bond donors (Lipinski definition) is 1. The van der Waals surface area contributed by atoms with Gasteiger partial charge in [0.05, 0.1) is 0 Å². The fraction of sp³-hybridized carbons (Fsp3) is 0.333. The molecule has 1 fully saturated rings. The lowest BCUT2D eigenvalue weighted by Gasteiger charge is -2.34. The molecule has 2 aromatic rings. The summed E-state index contributed by atoms with van der Waals surface area (Å²) in [5.41, 5.74) is 2.88. The maximum Gasteiger partial charge on any atom is 0.262 e. The van der Waals surface area contributed by atoms with Gasteiger partial charge in [-0.3, -0.25) is 4.79 Å². The minimum absolute atomic E-state index is 0.0316. The molecule has 3 rings (SSSR count). The number of amides is 1. The average Bonchev–Trinajstić information content (AvgIpc) is 2.67. The lowest BCUT2D eigenvalue weighted by atomic mass is 10.2. The summed E-state index contributed by atoms with van der Waals surface area (Å²) in [5, 5.41) is 2.83. The van der Waals surface area contributed by atoms with Gasteiger partial charge in [0.1, 0.15) is 10.7 Å². The minimum atomic E-state index is -0.183. The average molecular weight is 384 g/mol. The maximum absolute atomic E-state index is 12.0. The summed E-state index contributed by atoms with van der Waals surface area (Å²) in [6.45, 7) is 5.91. The van der Waals surface area contributed by atoms with Crippen LogP contribution in [0.3, 0.4) is 0 Å². The van der Waals surface area contributed by atoms with Crippen molar-refractivity contribution in [3.05, 3.63) is 59.7 Å². The van der Waals surface area contributed by atoms with Crippen LogP contribution < -0.4 is 10.1 Å². The molecule has 0 unspecified atom stereocenters. The fourth-order valence-electron chi connectivity index (χ4n) is 2.95. The quantitative estimate of drug-likeness (QED) is 0.805. The number of benzene rings is 2. The van der Waals surface area contributed by atoms with E-state index < -0.39 is 0 Å². The summed E-state index contributed by atoms with van der Waals surface area (Å²) < 4.78 is 5.59. The number of thiocarbonyl (C=S) groups is 1. The van der Waals surface area contributed by atoms with Crippen LogP contribution in [0.5, 0.6) is 5.75 Å². The van der Waals surface area contributed by atoms with Gasteiger partial charge in [0.2, 0.25) is 0 Å². The molecule has 1 aliphatic heterocycles. The Bertz CT molecular complexity index is 799. The second-order valence-corrected chi connectivity index (χ2v) is 7.21. The van der Waals surface area contributed by atoms with E-state index in [0.29, 0.717) is 5.75 Å². The largest absolute Gasteiger partial charge is 0.484 e. The number of rotatable bonds is 5. The van der Waals surface area contributed by atoms with Gasteiger partial charge in [-0.15, -0.1) is 0 Å². The van der Waals surface area contributed by atoms with Gasteiger partial charge in [0, 0.05) is 37.4 Å². The first-order valence-electron chi connectivity index (χ1n) is 9.08. The summed E-state index contributed by atoms with van der Waals surface area (Å²) in [5.74, 6) is 0.469. The van der Waals surface area contributed by atoms with Crippen LogP contribution in [0.4, 0.5) is 5.69 Å². The fourth-order valence-corrected chi connectivity index (χ4v) is 3.27. The van der Waals surface area contributed by atoms with Crippen LogP contribution in [0.1, 0.15) is 11.1 Å². The van der Waals surface area contributed by atoms with Gasteiger partial charge in [-0.2, -0.15) is 0 Å². The number of ether oxygens (including phenoxy) is 1. The molecule has 1 saturated heterocycles. The van der Waals surface area contributed by atoms with Gasteiger partial charge in [-0.25, -0.2) is 0 Å². The molecule has 0 aromatic heterocycles. The van der Waals surface area contributed by atoms with E-state index in [1.54, 1.807) is 0 Å². The molecule has 2 aromatic carbocycles. The first-order valence-corrected chi connectivity index (χ1v) is 9.49. The van der Waals surface area contributed by atoms with Crippen molar-refractivity contribution in [3.8, 4) is 5.75 Å². The number of anilines is 1. The molecule has 0 aliphatic carbocycles. The topological polar surface area (TPSA) is 44.8 Å². The number of piperazine rings is 1. The highest BCUT2D eigenvalue weighted by Crippen LogP contribution is 2.16.